The fourth-order valence-corrected chi connectivity index (χ4v) is 1.79. The fourth-order valence-electron chi connectivity index (χ4n) is 1.28. The van der Waals surface area contributed by atoms with Crippen molar-refractivity contribution >= 4 is 22.9 Å². The van der Waals surface area contributed by atoms with E-state index in [2.05, 4.69) is 10.3 Å². The Hall–Kier alpha value is -1.75. The van der Waals surface area contributed by atoms with Gasteiger partial charge in [0.1, 0.15) is 10.7 Å². The van der Waals surface area contributed by atoms with Crippen molar-refractivity contribution in [3.05, 3.63) is 46.2 Å². The monoisotopic (exact) mass is 236 g/mol. The molecule has 0 unspecified atom stereocenters. The van der Waals surface area contributed by atoms with E-state index in [0.29, 0.717) is 16.1 Å². The lowest BCUT2D eigenvalue weighted by Gasteiger charge is -2.06. The zero-order valence-corrected chi connectivity index (χ0v) is 9.34. The van der Waals surface area contributed by atoms with Crippen LogP contribution in [0.1, 0.15) is 15.2 Å². The number of nitrogens with one attached hydrogen (secondary N) is 1. The minimum absolute atomic E-state index is 0.225. The minimum Gasteiger partial charge on any atom is -0.321 e. The Bertz CT molecular complexity index is 511. The van der Waals surface area contributed by atoms with Crippen LogP contribution in [-0.2, 0) is 0 Å². The maximum Gasteiger partial charge on any atom is 0.267 e. The third kappa shape index (κ3) is 2.25. The highest BCUT2D eigenvalue weighted by Gasteiger charge is 2.09. The van der Waals surface area contributed by atoms with E-state index in [4.69, 9.17) is 0 Å². The van der Waals surface area contributed by atoms with Crippen molar-refractivity contribution in [1.82, 2.24) is 4.98 Å². The SMILES string of the molecule is Cc1cc(F)ccc1NC(=O)c1cncs1. The molecule has 0 aliphatic rings. The summed E-state index contributed by atoms with van der Waals surface area (Å²) in [5.41, 5.74) is 2.89. The van der Waals surface area contributed by atoms with Crippen LogP contribution in [0, 0.1) is 12.7 Å². The van der Waals surface area contributed by atoms with Gasteiger partial charge in [-0.15, -0.1) is 11.3 Å². The van der Waals surface area contributed by atoms with Gasteiger partial charge in [-0.3, -0.25) is 9.78 Å². The van der Waals surface area contributed by atoms with Gasteiger partial charge >= 0.3 is 0 Å². The minimum atomic E-state index is -0.312. The van der Waals surface area contributed by atoms with Crippen LogP contribution in [0.5, 0.6) is 0 Å². The number of aryl methyl sites for hydroxylation is 1. The first-order valence-corrected chi connectivity index (χ1v) is 5.51. The van der Waals surface area contributed by atoms with Gasteiger partial charge in [0.25, 0.3) is 5.91 Å². The van der Waals surface area contributed by atoms with E-state index in [1.165, 1.54) is 29.7 Å². The van der Waals surface area contributed by atoms with Crippen LogP contribution < -0.4 is 5.32 Å². The summed E-state index contributed by atoms with van der Waals surface area (Å²) in [5.74, 6) is -0.537. The first-order chi connectivity index (χ1) is 7.66. The van der Waals surface area contributed by atoms with Crippen LogP contribution in [0.25, 0.3) is 0 Å². The molecule has 0 atom stereocenters. The molecule has 0 aliphatic carbocycles. The number of carbonyl (C=O) groups is 1. The molecule has 0 spiro atoms. The van der Waals surface area contributed by atoms with E-state index in [0.717, 1.165) is 0 Å². The quantitative estimate of drug-likeness (QED) is 0.871. The topological polar surface area (TPSA) is 42.0 Å². The Morgan fingerprint density at radius 3 is 2.94 bits per heavy atom. The highest BCUT2D eigenvalue weighted by molar-refractivity contribution is 7.11. The lowest BCUT2D eigenvalue weighted by Crippen LogP contribution is -2.11. The molecule has 16 heavy (non-hydrogen) atoms. The van der Waals surface area contributed by atoms with Crippen LogP contribution in [-0.4, -0.2) is 10.9 Å². The van der Waals surface area contributed by atoms with Gasteiger partial charge < -0.3 is 5.32 Å². The zero-order chi connectivity index (χ0) is 11.5. The molecule has 1 aromatic carbocycles. The molecule has 1 N–H and O–H groups in total. The number of thiazole rings is 1. The largest absolute Gasteiger partial charge is 0.321 e. The number of nitrogens with zero attached hydrogens (tertiary/aromatic N) is 1. The van der Waals surface area contributed by atoms with Crippen molar-refractivity contribution in [2.24, 2.45) is 0 Å². The lowest BCUT2D eigenvalue weighted by atomic mass is 10.2. The van der Waals surface area contributed by atoms with Crippen molar-refractivity contribution in [2.45, 2.75) is 6.92 Å². The van der Waals surface area contributed by atoms with Crippen LogP contribution in [0.4, 0.5) is 10.1 Å². The molecule has 2 rings (SSSR count). The molecular formula is C11H9FN2OS. The highest BCUT2D eigenvalue weighted by atomic mass is 32.1. The molecule has 1 amide bonds. The highest BCUT2D eigenvalue weighted by Crippen LogP contribution is 2.17. The molecule has 5 heteroatoms. The number of anilines is 1. The zero-order valence-electron chi connectivity index (χ0n) is 8.53. The fraction of sp³-hybridized carbons (Fsp3) is 0.0909. The Kier molecular flexibility index (Phi) is 2.96. The second-order valence-electron chi connectivity index (χ2n) is 3.28. The third-order valence-corrected chi connectivity index (χ3v) is 2.86. The van der Waals surface area contributed by atoms with E-state index >= 15 is 0 Å². The summed E-state index contributed by atoms with van der Waals surface area (Å²) in [4.78, 5) is 16.0. The Morgan fingerprint density at radius 2 is 2.31 bits per heavy atom. The maximum atomic E-state index is 12.8. The molecule has 1 aromatic heterocycles. The van der Waals surface area contributed by atoms with Crippen molar-refractivity contribution in [3.8, 4) is 0 Å². The molecule has 0 saturated carbocycles. The summed E-state index contributed by atoms with van der Waals surface area (Å²) in [6.07, 6.45) is 1.50. The standard InChI is InChI=1S/C11H9FN2OS/c1-7-4-8(12)2-3-9(7)14-11(15)10-5-13-6-16-10/h2-6H,1H3,(H,14,15). The first kappa shape index (κ1) is 10.8. The van der Waals surface area contributed by atoms with Gasteiger partial charge in [-0.2, -0.15) is 0 Å². The van der Waals surface area contributed by atoms with Crippen LogP contribution in [0.2, 0.25) is 0 Å². The van der Waals surface area contributed by atoms with Crippen molar-refractivity contribution in [1.29, 1.82) is 0 Å². The molecule has 2 aromatic rings. The number of hydrogen-bond acceptors (Lipinski definition) is 3. The van der Waals surface area contributed by atoms with E-state index in [1.807, 2.05) is 0 Å². The predicted molar refractivity (Wildman–Crippen MR) is 61.2 cm³/mol. The number of amides is 1. The van der Waals surface area contributed by atoms with Crippen LogP contribution >= 0.6 is 11.3 Å². The molecule has 1 heterocycles. The summed E-state index contributed by atoms with van der Waals surface area (Å²) in [7, 11) is 0. The second-order valence-corrected chi connectivity index (χ2v) is 4.17. The third-order valence-electron chi connectivity index (χ3n) is 2.09. The van der Waals surface area contributed by atoms with E-state index in [1.54, 1.807) is 18.5 Å². The summed E-state index contributed by atoms with van der Waals surface area (Å²) >= 11 is 1.26. The molecule has 0 bridgehead atoms. The summed E-state index contributed by atoms with van der Waals surface area (Å²) in [5, 5.41) is 2.70. The normalized spacial score (nSPS) is 10.1. The van der Waals surface area contributed by atoms with Gasteiger partial charge in [-0.25, -0.2) is 4.39 Å². The van der Waals surface area contributed by atoms with E-state index in [9.17, 15) is 9.18 Å². The van der Waals surface area contributed by atoms with Crippen LogP contribution in [0.15, 0.2) is 29.9 Å². The van der Waals surface area contributed by atoms with Gasteiger partial charge in [0.2, 0.25) is 0 Å². The Balaban J connectivity index is 2.18. The number of hydrogen-bond donors (Lipinski definition) is 1. The molecule has 3 nitrogen and oxygen atoms in total. The van der Waals surface area contributed by atoms with Gasteiger partial charge in [-0.05, 0) is 30.7 Å². The molecule has 82 valence electrons. The van der Waals surface area contributed by atoms with Gasteiger partial charge in [0, 0.05) is 5.69 Å². The second kappa shape index (κ2) is 4.40. The summed E-state index contributed by atoms with van der Waals surface area (Å²) < 4.78 is 12.8. The lowest BCUT2D eigenvalue weighted by molar-refractivity contribution is 0.103. The molecule has 0 radical (unpaired) electrons. The number of aromatic nitrogens is 1. The van der Waals surface area contributed by atoms with E-state index in [-0.39, 0.29) is 11.7 Å². The Morgan fingerprint density at radius 1 is 1.50 bits per heavy atom. The number of halogens is 1. The maximum absolute atomic E-state index is 12.8. The van der Waals surface area contributed by atoms with Crippen LogP contribution in [0.3, 0.4) is 0 Å². The number of carbonyl (C=O) groups excluding carboxylic acids is 1. The molecule has 0 saturated heterocycles. The summed E-state index contributed by atoms with van der Waals surface area (Å²) in [6.45, 7) is 1.74. The number of benzene rings is 1. The molecule has 0 aliphatic heterocycles. The van der Waals surface area contributed by atoms with Crippen molar-refractivity contribution in [3.63, 3.8) is 0 Å². The number of rotatable bonds is 2. The molecule has 0 fully saturated rings. The van der Waals surface area contributed by atoms with Gasteiger partial charge in [0.05, 0.1) is 11.7 Å². The molecular weight excluding hydrogens is 227 g/mol. The van der Waals surface area contributed by atoms with Gasteiger partial charge in [-0.1, -0.05) is 0 Å². The average Bonchev–Trinajstić information content (AvgIpc) is 2.75. The first-order valence-electron chi connectivity index (χ1n) is 4.63. The van der Waals surface area contributed by atoms with Crippen molar-refractivity contribution < 1.29 is 9.18 Å². The smallest absolute Gasteiger partial charge is 0.267 e. The average molecular weight is 236 g/mol. The van der Waals surface area contributed by atoms with Gasteiger partial charge in [0.15, 0.2) is 0 Å². The van der Waals surface area contributed by atoms with Crippen molar-refractivity contribution in [2.75, 3.05) is 5.32 Å². The predicted octanol–water partition coefficient (Wildman–Crippen LogP) is 2.84. The Labute approximate surface area is 96.0 Å². The van der Waals surface area contributed by atoms with E-state index < -0.39 is 0 Å². The summed E-state index contributed by atoms with van der Waals surface area (Å²) in [6, 6.07) is 4.24.